The molecule has 0 aliphatic carbocycles. The van der Waals surface area contributed by atoms with Gasteiger partial charge in [-0.25, -0.2) is 0 Å². The summed E-state index contributed by atoms with van der Waals surface area (Å²) in [6, 6.07) is 0. The summed E-state index contributed by atoms with van der Waals surface area (Å²) >= 11 is 7.65. The predicted molar refractivity (Wildman–Crippen MR) is 57.5 cm³/mol. The molecular weight excluding hydrogens is 240 g/mol. The van der Waals surface area contributed by atoms with E-state index in [0.717, 1.165) is 4.88 Å². The van der Waals surface area contributed by atoms with Crippen molar-refractivity contribution >= 4 is 40.7 Å². The number of hydrogen-bond donors (Lipinski definition) is 1. The Hall–Kier alpha value is -0.140. The summed E-state index contributed by atoms with van der Waals surface area (Å²) in [5, 5.41) is 9.37. The average molecular weight is 248 g/mol. The Bertz CT molecular complexity index is 443. The second-order valence-electron chi connectivity index (χ2n) is 3.46. The van der Waals surface area contributed by atoms with Crippen molar-refractivity contribution in [1.29, 1.82) is 0 Å². The molecule has 2 rings (SSSR count). The van der Waals surface area contributed by atoms with Crippen molar-refractivity contribution in [1.82, 2.24) is 0 Å². The van der Waals surface area contributed by atoms with Gasteiger partial charge < -0.3 is 9.84 Å². The van der Waals surface area contributed by atoms with Crippen molar-refractivity contribution < 1.29 is 14.6 Å². The normalized spacial score (nSPS) is 24.8. The number of hydrogen-bond acceptors (Lipinski definition) is 6. The molecule has 2 heterocycles. The number of aliphatic hydroxyl groups is 1. The lowest BCUT2D eigenvalue weighted by atomic mass is 10.0. The van der Waals surface area contributed by atoms with Crippen LogP contribution in [0.3, 0.4) is 0 Å². The number of carbonyl (C=O) groups excluding carboxylic acids is 1. The molecule has 0 radical (unpaired) electrons. The first-order chi connectivity index (χ1) is 6.42. The topological polar surface area (TPSA) is 46.5 Å². The molecular formula is C8H8O3S3. The van der Waals surface area contributed by atoms with Gasteiger partial charge in [0.05, 0.1) is 9.75 Å². The van der Waals surface area contributed by atoms with Crippen LogP contribution in [0, 0.1) is 3.14 Å². The van der Waals surface area contributed by atoms with Gasteiger partial charge in [-0.3, -0.25) is 4.79 Å². The standard InChI is InChI=1S/C8H8O3S3/c1-8(2)5-4(13-7(12)14-5)3(9)6(10)11-8/h6,10H,1-2H3. The number of fused-ring (bicyclic) bond motifs is 1. The second-order valence-corrected chi connectivity index (χ2v) is 6.68. The van der Waals surface area contributed by atoms with Crippen LogP contribution in [0.15, 0.2) is 0 Å². The molecule has 1 N–H and O–H groups in total. The van der Waals surface area contributed by atoms with Crippen molar-refractivity contribution in [2.45, 2.75) is 25.7 Å². The highest BCUT2D eigenvalue weighted by Gasteiger charge is 2.40. The van der Waals surface area contributed by atoms with Gasteiger partial charge in [-0.05, 0) is 13.8 Å². The number of aliphatic hydroxyl groups excluding tert-OH is 1. The van der Waals surface area contributed by atoms with Gasteiger partial charge in [0.15, 0.2) is 0 Å². The number of ketones is 1. The van der Waals surface area contributed by atoms with Crippen LogP contribution in [0.4, 0.5) is 0 Å². The summed E-state index contributed by atoms with van der Waals surface area (Å²) in [6.07, 6.45) is -1.35. The SMILES string of the molecule is CC1(C)OC(O)C(=O)c2sc(=S)sc21. The van der Waals surface area contributed by atoms with Crippen LogP contribution in [0.1, 0.15) is 28.4 Å². The minimum atomic E-state index is -1.35. The molecule has 76 valence electrons. The van der Waals surface area contributed by atoms with Gasteiger partial charge in [-0.2, -0.15) is 0 Å². The van der Waals surface area contributed by atoms with E-state index in [0.29, 0.717) is 8.01 Å². The molecule has 1 aromatic rings. The van der Waals surface area contributed by atoms with Gasteiger partial charge in [-0.1, -0.05) is 12.2 Å². The zero-order valence-electron chi connectivity index (χ0n) is 7.57. The monoisotopic (exact) mass is 248 g/mol. The van der Waals surface area contributed by atoms with Gasteiger partial charge in [0, 0.05) is 0 Å². The van der Waals surface area contributed by atoms with E-state index in [1.165, 1.54) is 22.7 Å². The first kappa shape index (κ1) is 10.4. The highest BCUT2D eigenvalue weighted by Crippen LogP contribution is 2.41. The first-order valence-corrected chi connectivity index (χ1v) is 6.00. The Morgan fingerprint density at radius 2 is 2.14 bits per heavy atom. The minimum Gasteiger partial charge on any atom is -0.362 e. The molecule has 0 aromatic carbocycles. The quantitative estimate of drug-likeness (QED) is 0.716. The summed E-state index contributed by atoms with van der Waals surface area (Å²) in [7, 11) is 0. The lowest BCUT2D eigenvalue weighted by molar-refractivity contribution is -0.155. The zero-order valence-corrected chi connectivity index (χ0v) is 10.0. The summed E-state index contributed by atoms with van der Waals surface area (Å²) < 4.78 is 5.89. The first-order valence-electron chi connectivity index (χ1n) is 3.96. The van der Waals surface area contributed by atoms with Crippen LogP contribution in [0.2, 0.25) is 0 Å². The van der Waals surface area contributed by atoms with Gasteiger partial charge in [0.1, 0.15) is 8.74 Å². The molecule has 3 nitrogen and oxygen atoms in total. The Balaban J connectivity index is 2.67. The Kier molecular flexibility index (Phi) is 2.36. The van der Waals surface area contributed by atoms with E-state index in [4.69, 9.17) is 17.0 Å². The average Bonchev–Trinajstić information content (AvgIpc) is 2.44. The van der Waals surface area contributed by atoms with Gasteiger partial charge in [0.2, 0.25) is 12.1 Å². The fraction of sp³-hybridized carbons (Fsp3) is 0.500. The van der Waals surface area contributed by atoms with Gasteiger partial charge >= 0.3 is 0 Å². The molecule has 0 fully saturated rings. The summed E-state index contributed by atoms with van der Waals surface area (Å²) in [5.74, 6) is -0.378. The van der Waals surface area contributed by atoms with Crippen LogP contribution in [0.5, 0.6) is 0 Å². The third-order valence-corrected chi connectivity index (χ3v) is 4.95. The molecule has 1 aromatic heterocycles. The number of carbonyl (C=O) groups is 1. The lowest BCUT2D eigenvalue weighted by Crippen LogP contribution is -2.38. The maximum Gasteiger partial charge on any atom is 0.229 e. The fourth-order valence-corrected chi connectivity index (χ4v) is 4.11. The molecule has 1 aliphatic rings. The van der Waals surface area contributed by atoms with E-state index in [1.807, 2.05) is 13.8 Å². The lowest BCUT2D eigenvalue weighted by Gasteiger charge is -2.31. The maximum absolute atomic E-state index is 11.5. The Morgan fingerprint density at radius 3 is 2.79 bits per heavy atom. The smallest absolute Gasteiger partial charge is 0.229 e. The molecule has 1 aliphatic heterocycles. The highest BCUT2D eigenvalue weighted by molar-refractivity contribution is 7.76. The van der Waals surface area contributed by atoms with Crippen molar-refractivity contribution in [3.05, 3.63) is 12.9 Å². The largest absolute Gasteiger partial charge is 0.362 e. The van der Waals surface area contributed by atoms with Crippen LogP contribution < -0.4 is 0 Å². The van der Waals surface area contributed by atoms with Crippen LogP contribution >= 0.6 is 34.9 Å². The third-order valence-electron chi connectivity index (χ3n) is 1.98. The Morgan fingerprint density at radius 1 is 1.50 bits per heavy atom. The van der Waals surface area contributed by atoms with Crippen molar-refractivity contribution in [2.75, 3.05) is 0 Å². The summed E-state index contributed by atoms with van der Waals surface area (Å²) in [4.78, 5) is 12.9. The van der Waals surface area contributed by atoms with E-state index in [9.17, 15) is 9.90 Å². The van der Waals surface area contributed by atoms with Crippen LogP contribution in [-0.2, 0) is 10.3 Å². The minimum absolute atomic E-state index is 0.378. The maximum atomic E-state index is 11.5. The van der Waals surface area contributed by atoms with Crippen molar-refractivity contribution in [3.8, 4) is 0 Å². The highest BCUT2D eigenvalue weighted by atomic mass is 32.2. The van der Waals surface area contributed by atoms with E-state index in [-0.39, 0.29) is 5.78 Å². The van der Waals surface area contributed by atoms with E-state index < -0.39 is 11.9 Å². The molecule has 0 amide bonds. The summed E-state index contributed by atoms with van der Waals surface area (Å²) in [5.41, 5.74) is -0.624. The third kappa shape index (κ3) is 1.47. The van der Waals surface area contributed by atoms with Crippen molar-refractivity contribution in [2.24, 2.45) is 0 Å². The summed E-state index contributed by atoms with van der Waals surface area (Å²) in [6.45, 7) is 3.64. The van der Waals surface area contributed by atoms with Gasteiger partial charge in [-0.15, -0.1) is 22.7 Å². The number of rotatable bonds is 0. The molecule has 0 saturated carbocycles. The Labute approximate surface area is 94.0 Å². The fourth-order valence-electron chi connectivity index (χ4n) is 1.34. The van der Waals surface area contributed by atoms with Gasteiger partial charge in [0.25, 0.3) is 0 Å². The zero-order chi connectivity index (χ0) is 10.5. The molecule has 6 heteroatoms. The predicted octanol–water partition coefficient (Wildman–Crippen LogP) is 2.31. The number of ether oxygens (including phenoxy) is 1. The second kappa shape index (κ2) is 3.18. The van der Waals surface area contributed by atoms with Crippen molar-refractivity contribution in [3.63, 3.8) is 0 Å². The van der Waals surface area contributed by atoms with E-state index in [2.05, 4.69) is 0 Å². The van der Waals surface area contributed by atoms with Crippen LogP contribution in [0.25, 0.3) is 0 Å². The molecule has 1 unspecified atom stereocenters. The molecule has 0 spiro atoms. The van der Waals surface area contributed by atoms with E-state index >= 15 is 0 Å². The molecule has 0 bridgehead atoms. The van der Waals surface area contributed by atoms with Crippen LogP contribution in [-0.4, -0.2) is 17.2 Å². The molecule has 0 saturated heterocycles. The molecule has 14 heavy (non-hydrogen) atoms. The van der Waals surface area contributed by atoms with E-state index in [1.54, 1.807) is 0 Å². The molecule has 1 atom stereocenters. The number of Topliss-reactive ketones (excluding diaryl/α,β-unsaturated/α-hetero) is 1.